The first-order chi connectivity index (χ1) is 14.8. The smallest absolute Gasteiger partial charge is 0.0680 e. The Hall–Kier alpha value is -3.06. The molecule has 0 aliphatic rings. The highest BCUT2D eigenvalue weighted by Crippen LogP contribution is 2.19. The number of aryl methyl sites for hydroxylation is 6. The maximum Gasteiger partial charge on any atom is 0.242 e. The lowest BCUT2D eigenvalue weighted by Gasteiger charge is -2.25. The van der Waals surface area contributed by atoms with E-state index in [1.165, 1.54) is 60.9 Å². The van der Waals surface area contributed by atoms with E-state index in [-0.39, 0.29) is 6.71 Å². The zero-order chi connectivity index (χ0) is 22.1. The van der Waals surface area contributed by atoms with E-state index in [0.29, 0.717) is 0 Å². The van der Waals surface area contributed by atoms with Crippen LogP contribution in [0.5, 0.6) is 0 Å². The molecule has 4 aromatic carbocycles. The summed E-state index contributed by atoms with van der Waals surface area (Å²) >= 11 is 0. The summed E-state index contributed by atoms with van der Waals surface area (Å²) in [6.07, 6.45) is 0. The van der Waals surface area contributed by atoms with Gasteiger partial charge in [0.15, 0.2) is 0 Å². The second-order valence-corrected chi connectivity index (χ2v) is 9.05. The highest BCUT2D eigenvalue weighted by molar-refractivity contribution is 6.96. The molecular weight excluding hydrogens is 371 g/mol. The van der Waals surface area contributed by atoms with Crippen molar-refractivity contribution in [3.63, 3.8) is 0 Å². The van der Waals surface area contributed by atoms with E-state index in [2.05, 4.69) is 120 Å². The standard InChI is InChI=1S/C30H31B/c1-20-15-22(3)29(23(4)16-20)31(30-24(5)17-21(2)18-25(30)6)28-14-10-13-27(19-28)26-11-8-7-9-12-26/h7-19H,1-6H3. The minimum absolute atomic E-state index is 0.213. The lowest BCUT2D eigenvalue weighted by molar-refractivity contribution is 1.34. The number of benzene rings is 4. The van der Waals surface area contributed by atoms with Gasteiger partial charge in [-0.2, -0.15) is 0 Å². The molecule has 0 bridgehead atoms. The molecular formula is C30H31B. The predicted octanol–water partition coefficient (Wildman–Crippen LogP) is 5.72. The summed E-state index contributed by atoms with van der Waals surface area (Å²) in [5, 5.41) is 0. The Morgan fingerprint density at radius 3 is 1.39 bits per heavy atom. The van der Waals surface area contributed by atoms with Gasteiger partial charge in [0.2, 0.25) is 6.71 Å². The molecule has 0 N–H and O–H groups in total. The SMILES string of the molecule is Cc1cc(C)c(B(c2cccc(-c3ccccc3)c2)c2c(C)cc(C)cc2C)c(C)c1. The van der Waals surface area contributed by atoms with Crippen molar-refractivity contribution in [3.05, 3.63) is 112 Å². The molecule has 0 atom stereocenters. The first-order valence-corrected chi connectivity index (χ1v) is 11.2. The highest BCUT2D eigenvalue weighted by Gasteiger charge is 2.28. The maximum atomic E-state index is 2.39. The first-order valence-electron chi connectivity index (χ1n) is 11.2. The Kier molecular flexibility index (Phi) is 5.87. The average Bonchev–Trinajstić information content (AvgIpc) is 2.72. The maximum absolute atomic E-state index is 2.39. The number of hydrogen-bond donors (Lipinski definition) is 0. The van der Waals surface area contributed by atoms with E-state index in [1.54, 1.807) is 0 Å². The molecule has 0 spiro atoms. The lowest BCUT2D eigenvalue weighted by atomic mass is 9.34. The summed E-state index contributed by atoms with van der Waals surface area (Å²) in [5.41, 5.74) is 14.9. The molecule has 0 aliphatic heterocycles. The molecule has 0 aromatic heterocycles. The van der Waals surface area contributed by atoms with Crippen LogP contribution in [0, 0.1) is 41.5 Å². The molecule has 0 saturated heterocycles. The van der Waals surface area contributed by atoms with Crippen LogP contribution in [0.4, 0.5) is 0 Å². The van der Waals surface area contributed by atoms with Crippen molar-refractivity contribution >= 4 is 23.1 Å². The number of hydrogen-bond acceptors (Lipinski definition) is 0. The minimum Gasteiger partial charge on any atom is -0.0680 e. The fraction of sp³-hybridized carbons (Fsp3) is 0.200. The molecule has 0 aliphatic carbocycles. The van der Waals surface area contributed by atoms with Crippen LogP contribution in [0.25, 0.3) is 11.1 Å². The van der Waals surface area contributed by atoms with Gasteiger partial charge in [-0.1, -0.05) is 129 Å². The molecule has 1 heteroatoms. The Morgan fingerprint density at radius 1 is 0.452 bits per heavy atom. The second kappa shape index (κ2) is 8.59. The van der Waals surface area contributed by atoms with Gasteiger partial charge in [-0.05, 0) is 52.7 Å². The van der Waals surface area contributed by atoms with Crippen molar-refractivity contribution in [1.29, 1.82) is 0 Å². The van der Waals surface area contributed by atoms with Gasteiger partial charge in [-0.25, -0.2) is 0 Å². The van der Waals surface area contributed by atoms with E-state index in [9.17, 15) is 0 Å². The van der Waals surface area contributed by atoms with E-state index in [0.717, 1.165) is 0 Å². The Labute approximate surface area is 188 Å². The molecule has 0 fully saturated rings. The summed E-state index contributed by atoms with van der Waals surface area (Å²) in [4.78, 5) is 0. The summed E-state index contributed by atoms with van der Waals surface area (Å²) < 4.78 is 0. The minimum atomic E-state index is 0.213. The molecule has 4 aromatic rings. The van der Waals surface area contributed by atoms with E-state index in [4.69, 9.17) is 0 Å². The van der Waals surface area contributed by atoms with Gasteiger partial charge in [0.1, 0.15) is 0 Å². The predicted molar refractivity (Wildman–Crippen MR) is 138 cm³/mol. The topological polar surface area (TPSA) is 0 Å². The zero-order valence-corrected chi connectivity index (χ0v) is 19.6. The van der Waals surface area contributed by atoms with Crippen LogP contribution < -0.4 is 16.4 Å². The highest BCUT2D eigenvalue weighted by atomic mass is 14.1. The van der Waals surface area contributed by atoms with Crippen LogP contribution in [-0.4, -0.2) is 6.71 Å². The number of rotatable bonds is 4. The normalized spacial score (nSPS) is 10.9. The van der Waals surface area contributed by atoms with E-state index >= 15 is 0 Å². The third-order valence-electron chi connectivity index (χ3n) is 6.38. The molecule has 0 unspecified atom stereocenters. The second-order valence-electron chi connectivity index (χ2n) is 9.05. The van der Waals surface area contributed by atoms with Crippen molar-refractivity contribution in [2.45, 2.75) is 41.5 Å². The third kappa shape index (κ3) is 4.23. The van der Waals surface area contributed by atoms with Crippen LogP contribution in [0.1, 0.15) is 33.4 Å². The van der Waals surface area contributed by atoms with Crippen molar-refractivity contribution < 1.29 is 0 Å². The fourth-order valence-electron chi connectivity index (χ4n) is 5.30. The van der Waals surface area contributed by atoms with Gasteiger partial charge in [-0.3, -0.25) is 0 Å². The summed E-state index contributed by atoms with van der Waals surface area (Å²) in [6, 6.07) is 29.1. The molecule has 0 saturated carbocycles. The van der Waals surface area contributed by atoms with Crippen LogP contribution >= 0.6 is 0 Å². The Balaban J connectivity index is 2.00. The third-order valence-corrected chi connectivity index (χ3v) is 6.38. The van der Waals surface area contributed by atoms with Crippen molar-refractivity contribution in [2.75, 3.05) is 0 Å². The van der Waals surface area contributed by atoms with E-state index < -0.39 is 0 Å². The van der Waals surface area contributed by atoms with E-state index in [1.807, 2.05) is 0 Å². The van der Waals surface area contributed by atoms with Gasteiger partial charge >= 0.3 is 0 Å². The monoisotopic (exact) mass is 402 g/mol. The van der Waals surface area contributed by atoms with Gasteiger partial charge in [0.05, 0.1) is 0 Å². The van der Waals surface area contributed by atoms with Crippen molar-refractivity contribution in [3.8, 4) is 11.1 Å². The lowest BCUT2D eigenvalue weighted by Crippen LogP contribution is -2.55. The van der Waals surface area contributed by atoms with Crippen LogP contribution in [-0.2, 0) is 0 Å². The quantitative estimate of drug-likeness (QED) is 0.383. The molecule has 0 nitrogen and oxygen atoms in total. The zero-order valence-electron chi connectivity index (χ0n) is 19.6. The van der Waals surface area contributed by atoms with Crippen LogP contribution in [0.2, 0.25) is 0 Å². The molecule has 154 valence electrons. The molecule has 31 heavy (non-hydrogen) atoms. The van der Waals surface area contributed by atoms with Gasteiger partial charge in [-0.15, -0.1) is 0 Å². The summed E-state index contributed by atoms with van der Waals surface area (Å²) in [7, 11) is 0. The van der Waals surface area contributed by atoms with Crippen molar-refractivity contribution in [1.82, 2.24) is 0 Å². The Bertz CT molecular complexity index is 1130. The summed E-state index contributed by atoms with van der Waals surface area (Å²) in [6.45, 7) is 13.7. The van der Waals surface area contributed by atoms with Crippen molar-refractivity contribution in [2.24, 2.45) is 0 Å². The van der Waals surface area contributed by atoms with Gasteiger partial charge < -0.3 is 0 Å². The van der Waals surface area contributed by atoms with Gasteiger partial charge in [0.25, 0.3) is 0 Å². The Morgan fingerprint density at radius 2 is 0.903 bits per heavy atom. The summed E-state index contributed by atoms with van der Waals surface area (Å²) in [5.74, 6) is 0. The van der Waals surface area contributed by atoms with Crippen LogP contribution in [0.15, 0.2) is 78.9 Å². The molecule has 0 heterocycles. The van der Waals surface area contributed by atoms with Crippen LogP contribution in [0.3, 0.4) is 0 Å². The fourth-order valence-corrected chi connectivity index (χ4v) is 5.30. The average molecular weight is 402 g/mol. The largest absolute Gasteiger partial charge is 0.242 e. The molecule has 0 amide bonds. The first kappa shape index (κ1) is 21.2. The molecule has 0 radical (unpaired) electrons. The molecule has 4 rings (SSSR count). The van der Waals surface area contributed by atoms with Gasteiger partial charge in [0, 0.05) is 0 Å².